The zero-order valence-electron chi connectivity index (χ0n) is 15.9. The number of hydrogen-bond donors (Lipinski definition) is 2. The number of fused-ring (bicyclic) bond motifs is 1. The molecular weight excluding hydrogens is 441 g/mol. The molecule has 0 spiro atoms. The summed E-state index contributed by atoms with van der Waals surface area (Å²) in [5.74, 6) is 1.89. The minimum absolute atomic E-state index is 0. The SMILES string of the molecule is CCCCCCOc1cc(C)ccc1CNC1=NC[C@H]2C[C@@H](O)CN12.I. The van der Waals surface area contributed by atoms with E-state index < -0.39 is 0 Å². The molecule has 6 heteroatoms. The van der Waals surface area contributed by atoms with Crippen LogP contribution in [-0.4, -0.2) is 47.8 Å². The van der Waals surface area contributed by atoms with Gasteiger partial charge in [-0.2, -0.15) is 0 Å². The maximum absolute atomic E-state index is 9.83. The maximum Gasteiger partial charge on any atom is 0.194 e. The molecule has 2 atom stereocenters. The first kappa shape index (κ1) is 21.3. The Morgan fingerprint density at radius 1 is 1.31 bits per heavy atom. The summed E-state index contributed by atoms with van der Waals surface area (Å²) < 4.78 is 6.05. The predicted octanol–water partition coefficient (Wildman–Crippen LogP) is 3.47. The zero-order valence-corrected chi connectivity index (χ0v) is 18.2. The van der Waals surface area contributed by atoms with Crippen molar-refractivity contribution in [3.63, 3.8) is 0 Å². The van der Waals surface area contributed by atoms with E-state index in [9.17, 15) is 5.11 Å². The number of aliphatic imine (C=N–C) groups is 1. The van der Waals surface area contributed by atoms with Gasteiger partial charge in [-0.25, -0.2) is 0 Å². The molecule has 0 bridgehead atoms. The summed E-state index contributed by atoms with van der Waals surface area (Å²) in [6.45, 7) is 7.26. The monoisotopic (exact) mass is 473 g/mol. The molecule has 0 radical (unpaired) electrons. The van der Waals surface area contributed by atoms with Gasteiger partial charge in [-0.05, 0) is 31.4 Å². The number of halogens is 1. The van der Waals surface area contributed by atoms with E-state index in [1.165, 1.54) is 24.8 Å². The number of rotatable bonds is 8. The molecular formula is C20H32IN3O2. The van der Waals surface area contributed by atoms with Crippen LogP contribution in [0.4, 0.5) is 0 Å². The Bertz CT molecular complexity index is 609. The number of nitrogens with zero attached hydrogens (tertiary/aromatic N) is 2. The average molecular weight is 473 g/mol. The average Bonchev–Trinajstić information content (AvgIpc) is 3.13. The minimum atomic E-state index is -0.223. The number of aliphatic hydroxyl groups is 1. The number of hydrogen-bond acceptors (Lipinski definition) is 5. The topological polar surface area (TPSA) is 57.1 Å². The van der Waals surface area contributed by atoms with Crippen LogP contribution < -0.4 is 10.1 Å². The summed E-state index contributed by atoms with van der Waals surface area (Å²) in [5.41, 5.74) is 2.38. The third-order valence-electron chi connectivity index (χ3n) is 5.03. The molecule has 0 unspecified atom stereocenters. The number of unbranched alkanes of at least 4 members (excludes halogenated alkanes) is 3. The van der Waals surface area contributed by atoms with Crippen LogP contribution in [0.15, 0.2) is 23.2 Å². The van der Waals surface area contributed by atoms with E-state index in [2.05, 4.69) is 47.3 Å². The van der Waals surface area contributed by atoms with E-state index in [-0.39, 0.29) is 30.1 Å². The number of guanidine groups is 1. The minimum Gasteiger partial charge on any atom is -0.493 e. The second-order valence-corrected chi connectivity index (χ2v) is 7.23. The van der Waals surface area contributed by atoms with Crippen molar-refractivity contribution in [2.75, 3.05) is 19.7 Å². The lowest BCUT2D eigenvalue weighted by molar-refractivity contribution is 0.187. The van der Waals surface area contributed by atoms with Crippen molar-refractivity contribution in [3.05, 3.63) is 29.3 Å². The van der Waals surface area contributed by atoms with Gasteiger partial charge in [0.15, 0.2) is 5.96 Å². The highest BCUT2D eigenvalue weighted by atomic mass is 127. The summed E-state index contributed by atoms with van der Waals surface area (Å²) in [7, 11) is 0. The summed E-state index contributed by atoms with van der Waals surface area (Å²) in [6.07, 6.45) is 5.45. The molecule has 1 aromatic carbocycles. The highest BCUT2D eigenvalue weighted by Gasteiger charge is 2.36. The molecule has 2 N–H and O–H groups in total. The number of nitrogens with one attached hydrogen (secondary N) is 1. The van der Waals surface area contributed by atoms with Gasteiger partial charge in [0.25, 0.3) is 0 Å². The Labute approximate surface area is 174 Å². The Kier molecular flexibility index (Phi) is 8.47. The van der Waals surface area contributed by atoms with Gasteiger partial charge in [0.1, 0.15) is 5.75 Å². The fourth-order valence-electron chi connectivity index (χ4n) is 3.59. The van der Waals surface area contributed by atoms with Gasteiger partial charge in [-0.15, -0.1) is 24.0 Å². The van der Waals surface area contributed by atoms with E-state index in [1.54, 1.807) is 0 Å². The number of aryl methyl sites for hydroxylation is 1. The predicted molar refractivity (Wildman–Crippen MR) is 116 cm³/mol. The van der Waals surface area contributed by atoms with E-state index in [1.807, 2.05) is 0 Å². The Morgan fingerprint density at radius 2 is 2.15 bits per heavy atom. The normalized spacial score (nSPS) is 21.2. The van der Waals surface area contributed by atoms with Crippen LogP contribution in [0.25, 0.3) is 0 Å². The quantitative estimate of drug-likeness (QED) is 0.449. The van der Waals surface area contributed by atoms with Gasteiger partial charge < -0.3 is 20.1 Å². The molecule has 0 saturated carbocycles. The van der Waals surface area contributed by atoms with Gasteiger partial charge in [-0.3, -0.25) is 4.99 Å². The van der Waals surface area contributed by atoms with E-state index in [4.69, 9.17) is 4.74 Å². The summed E-state index contributed by atoms with van der Waals surface area (Å²) >= 11 is 0. The lowest BCUT2D eigenvalue weighted by Crippen LogP contribution is -2.40. The Hall–Kier alpha value is -1.02. The van der Waals surface area contributed by atoms with Crippen LogP contribution in [0.2, 0.25) is 0 Å². The van der Waals surface area contributed by atoms with Crippen LogP contribution in [-0.2, 0) is 6.54 Å². The van der Waals surface area contributed by atoms with Crippen LogP contribution in [0.5, 0.6) is 5.75 Å². The van der Waals surface area contributed by atoms with Crippen molar-refractivity contribution in [2.24, 2.45) is 4.99 Å². The smallest absolute Gasteiger partial charge is 0.194 e. The molecule has 26 heavy (non-hydrogen) atoms. The third kappa shape index (κ3) is 5.49. The summed E-state index contributed by atoms with van der Waals surface area (Å²) in [6, 6.07) is 6.75. The van der Waals surface area contributed by atoms with Crippen molar-refractivity contribution < 1.29 is 9.84 Å². The number of benzene rings is 1. The Balaban J connectivity index is 0.00000243. The lowest BCUT2D eigenvalue weighted by atomic mass is 10.1. The molecule has 0 aromatic heterocycles. The summed E-state index contributed by atoms with van der Waals surface area (Å²) in [5, 5.41) is 13.3. The standard InChI is InChI=1S/C20H31N3O2.HI/c1-3-4-5-6-9-25-19-10-15(2)7-8-16(19)12-21-20-22-13-17-11-18(24)14-23(17)20;/h7-8,10,17-18,24H,3-6,9,11-14H2,1-2H3,(H,21,22);1H/t17-,18-;/m1./s1. The van der Waals surface area contributed by atoms with Crippen LogP contribution >= 0.6 is 24.0 Å². The maximum atomic E-state index is 9.83. The molecule has 1 saturated heterocycles. The highest BCUT2D eigenvalue weighted by molar-refractivity contribution is 14.0. The fraction of sp³-hybridized carbons (Fsp3) is 0.650. The van der Waals surface area contributed by atoms with Crippen molar-refractivity contribution >= 4 is 29.9 Å². The molecule has 0 amide bonds. The molecule has 5 nitrogen and oxygen atoms in total. The fourth-order valence-corrected chi connectivity index (χ4v) is 3.59. The van der Waals surface area contributed by atoms with Crippen molar-refractivity contribution in [1.29, 1.82) is 0 Å². The molecule has 1 fully saturated rings. The molecule has 2 aliphatic rings. The first-order valence-corrected chi connectivity index (χ1v) is 9.62. The molecule has 1 aromatic rings. The third-order valence-corrected chi connectivity index (χ3v) is 5.03. The second-order valence-electron chi connectivity index (χ2n) is 7.23. The van der Waals surface area contributed by atoms with E-state index in [0.717, 1.165) is 43.3 Å². The van der Waals surface area contributed by atoms with Gasteiger partial charge in [-0.1, -0.05) is 38.3 Å². The van der Waals surface area contributed by atoms with Gasteiger partial charge in [0.05, 0.1) is 25.3 Å². The molecule has 146 valence electrons. The number of ether oxygens (including phenoxy) is 1. The van der Waals surface area contributed by atoms with E-state index in [0.29, 0.717) is 19.1 Å². The van der Waals surface area contributed by atoms with Gasteiger partial charge >= 0.3 is 0 Å². The molecule has 3 rings (SSSR count). The first-order valence-electron chi connectivity index (χ1n) is 9.62. The largest absolute Gasteiger partial charge is 0.493 e. The van der Waals surface area contributed by atoms with Gasteiger partial charge in [0, 0.05) is 18.7 Å². The molecule has 0 aliphatic carbocycles. The van der Waals surface area contributed by atoms with Crippen molar-refractivity contribution in [2.45, 2.75) is 64.6 Å². The van der Waals surface area contributed by atoms with Crippen LogP contribution in [0, 0.1) is 6.92 Å². The van der Waals surface area contributed by atoms with E-state index >= 15 is 0 Å². The zero-order chi connectivity index (χ0) is 17.6. The van der Waals surface area contributed by atoms with Gasteiger partial charge in [0.2, 0.25) is 0 Å². The van der Waals surface area contributed by atoms with Crippen LogP contribution in [0.3, 0.4) is 0 Å². The molecule has 2 heterocycles. The lowest BCUT2D eigenvalue weighted by Gasteiger charge is -2.21. The second kappa shape index (κ2) is 10.3. The van der Waals surface area contributed by atoms with Crippen molar-refractivity contribution in [1.82, 2.24) is 10.2 Å². The Morgan fingerprint density at radius 3 is 2.96 bits per heavy atom. The summed E-state index contributed by atoms with van der Waals surface area (Å²) in [4.78, 5) is 6.79. The highest BCUT2D eigenvalue weighted by Crippen LogP contribution is 2.24. The van der Waals surface area contributed by atoms with Crippen molar-refractivity contribution in [3.8, 4) is 5.75 Å². The van der Waals surface area contributed by atoms with Crippen LogP contribution in [0.1, 0.15) is 50.2 Å². The first-order chi connectivity index (χ1) is 12.2. The number of aliphatic hydroxyl groups excluding tert-OH is 1. The molecule has 2 aliphatic heterocycles.